The van der Waals surface area contributed by atoms with E-state index in [1.54, 1.807) is 11.3 Å². The summed E-state index contributed by atoms with van der Waals surface area (Å²) in [5, 5.41) is 12.5. The van der Waals surface area contributed by atoms with E-state index in [4.69, 9.17) is 9.47 Å². The maximum Gasteiger partial charge on any atom is 0.159 e. The highest BCUT2D eigenvalue weighted by Crippen LogP contribution is 2.29. The van der Waals surface area contributed by atoms with E-state index in [9.17, 15) is 5.11 Å². The molecule has 5 heteroatoms. The van der Waals surface area contributed by atoms with Gasteiger partial charge >= 0.3 is 0 Å². The number of rotatable bonds is 6. The molecule has 0 aliphatic carbocycles. The van der Waals surface area contributed by atoms with Gasteiger partial charge < -0.3 is 19.5 Å². The van der Waals surface area contributed by atoms with Gasteiger partial charge in [0.05, 0.1) is 19.3 Å². The molecule has 0 saturated carbocycles. The maximum absolute atomic E-state index is 10.5. The number of nitrogens with zero attached hydrogens (tertiary/aromatic N) is 1. The molecule has 124 valence electrons. The van der Waals surface area contributed by atoms with Crippen LogP contribution in [0.5, 0.6) is 0 Å². The molecule has 0 bridgehead atoms. The lowest BCUT2D eigenvalue weighted by atomic mass is 10.0. The first-order valence-corrected chi connectivity index (χ1v) is 9.39. The van der Waals surface area contributed by atoms with E-state index in [1.807, 2.05) is 17.5 Å². The molecule has 3 rings (SSSR count). The van der Waals surface area contributed by atoms with E-state index >= 15 is 0 Å². The maximum atomic E-state index is 10.5. The minimum Gasteiger partial charge on any atom is -0.388 e. The van der Waals surface area contributed by atoms with Gasteiger partial charge in [0.2, 0.25) is 0 Å². The summed E-state index contributed by atoms with van der Waals surface area (Å²) in [6, 6.07) is 4.53. The number of hydrogen-bond acceptors (Lipinski definition) is 5. The highest BCUT2D eigenvalue weighted by atomic mass is 32.1. The van der Waals surface area contributed by atoms with Gasteiger partial charge in [-0.25, -0.2) is 0 Å². The first-order valence-electron chi connectivity index (χ1n) is 8.51. The Morgan fingerprint density at radius 2 is 2.14 bits per heavy atom. The topological polar surface area (TPSA) is 41.9 Å². The molecule has 22 heavy (non-hydrogen) atoms. The monoisotopic (exact) mass is 325 g/mol. The van der Waals surface area contributed by atoms with Crippen LogP contribution in [0, 0.1) is 0 Å². The Morgan fingerprint density at radius 1 is 1.27 bits per heavy atom. The van der Waals surface area contributed by atoms with E-state index in [2.05, 4.69) is 4.90 Å². The summed E-state index contributed by atoms with van der Waals surface area (Å²) >= 11 is 1.65. The Balaban J connectivity index is 1.55. The third-order valence-corrected chi connectivity index (χ3v) is 5.68. The quantitative estimate of drug-likeness (QED) is 0.872. The molecule has 0 radical (unpaired) electrons. The molecule has 2 atom stereocenters. The summed E-state index contributed by atoms with van der Waals surface area (Å²) in [6.45, 7) is 3.59. The van der Waals surface area contributed by atoms with Crippen LogP contribution < -0.4 is 0 Å². The van der Waals surface area contributed by atoms with Gasteiger partial charge in [-0.3, -0.25) is 0 Å². The fourth-order valence-corrected chi connectivity index (χ4v) is 4.22. The SMILES string of the molecule is OC(CC1CCCCCN1CCC1OCCO1)c1cccs1. The summed E-state index contributed by atoms with van der Waals surface area (Å²) in [6.07, 6.45) is 6.45. The normalized spacial score (nSPS) is 26.1. The second kappa shape index (κ2) is 8.41. The van der Waals surface area contributed by atoms with Gasteiger partial charge in [0.25, 0.3) is 0 Å². The highest BCUT2D eigenvalue weighted by molar-refractivity contribution is 7.10. The highest BCUT2D eigenvalue weighted by Gasteiger charge is 2.26. The zero-order valence-electron chi connectivity index (χ0n) is 13.2. The molecule has 0 spiro atoms. The van der Waals surface area contributed by atoms with Crippen LogP contribution in [-0.2, 0) is 9.47 Å². The number of ether oxygens (including phenoxy) is 2. The van der Waals surface area contributed by atoms with Crippen molar-refractivity contribution < 1.29 is 14.6 Å². The first kappa shape index (κ1) is 16.4. The van der Waals surface area contributed by atoms with Crippen molar-refractivity contribution in [2.24, 2.45) is 0 Å². The van der Waals surface area contributed by atoms with Gasteiger partial charge in [-0.1, -0.05) is 18.9 Å². The average Bonchev–Trinajstić information content (AvgIpc) is 3.18. The van der Waals surface area contributed by atoms with Crippen LogP contribution in [0.4, 0.5) is 0 Å². The summed E-state index contributed by atoms with van der Waals surface area (Å²) in [7, 11) is 0. The van der Waals surface area contributed by atoms with Crippen LogP contribution in [0.25, 0.3) is 0 Å². The van der Waals surface area contributed by atoms with Crippen LogP contribution in [0.2, 0.25) is 0 Å². The van der Waals surface area contributed by atoms with E-state index < -0.39 is 0 Å². The Labute approximate surface area is 137 Å². The zero-order valence-corrected chi connectivity index (χ0v) is 14.0. The van der Waals surface area contributed by atoms with E-state index in [0.717, 1.165) is 44.0 Å². The molecule has 0 aromatic carbocycles. The molecule has 2 aliphatic rings. The third-order valence-electron chi connectivity index (χ3n) is 4.71. The summed E-state index contributed by atoms with van der Waals surface area (Å²) in [5.41, 5.74) is 0. The molecule has 4 nitrogen and oxygen atoms in total. The number of thiophene rings is 1. The van der Waals surface area contributed by atoms with Gasteiger partial charge in [-0.15, -0.1) is 11.3 Å². The molecule has 1 aromatic rings. The lowest BCUT2D eigenvalue weighted by molar-refractivity contribution is -0.0542. The van der Waals surface area contributed by atoms with Crippen molar-refractivity contribution in [3.05, 3.63) is 22.4 Å². The molecule has 2 aliphatic heterocycles. The molecule has 2 fully saturated rings. The molecule has 2 saturated heterocycles. The minimum absolute atomic E-state index is 0.0221. The number of hydrogen-bond donors (Lipinski definition) is 1. The number of aliphatic hydroxyl groups is 1. The second-order valence-electron chi connectivity index (χ2n) is 6.27. The molecule has 2 unspecified atom stereocenters. The third kappa shape index (κ3) is 4.52. The van der Waals surface area contributed by atoms with Crippen molar-refractivity contribution in [1.29, 1.82) is 0 Å². The van der Waals surface area contributed by atoms with Gasteiger partial charge in [-0.2, -0.15) is 0 Å². The van der Waals surface area contributed by atoms with Crippen LogP contribution in [0.1, 0.15) is 49.5 Å². The fourth-order valence-electron chi connectivity index (χ4n) is 3.50. The minimum atomic E-state index is -0.329. The van der Waals surface area contributed by atoms with Gasteiger partial charge in [0.1, 0.15) is 0 Å². The fraction of sp³-hybridized carbons (Fsp3) is 0.765. The predicted octanol–water partition coefficient (Wildman–Crippen LogP) is 3.18. The van der Waals surface area contributed by atoms with Crippen molar-refractivity contribution in [2.75, 3.05) is 26.3 Å². The number of aliphatic hydroxyl groups excluding tert-OH is 1. The summed E-state index contributed by atoms with van der Waals surface area (Å²) < 4.78 is 11.1. The van der Waals surface area contributed by atoms with Crippen LogP contribution in [0.15, 0.2) is 17.5 Å². The van der Waals surface area contributed by atoms with Crippen molar-refractivity contribution in [1.82, 2.24) is 4.90 Å². The van der Waals surface area contributed by atoms with Crippen LogP contribution in [0.3, 0.4) is 0 Å². The second-order valence-corrected chi connectivity index (χ2v) is 7.25. The Morgan fingerprint density at radius 3 is 2.91 bits per heavy atom. The van der Waals surface area contributed by atoms with Crippen molar-refractivity contribution in [3.63, 3.8) is 0 Å². The van der Waals surface area contributed by atoms with Crippen molar-refractivity contribution >= 4 is 11.3 Å². The molecule has 1 N–H and O–H groups in total. The van der Waals surface area contributed by atoms with Crippen LogP contribution in [-0.4, -0.2) is 48.6 Å². The smallest absolute Gasteiger partial charge is 0.159 e. The molecule has 1 aromatic heterocycles. The number of likely N-dealkylation sites (tertiary alicyclic amines) is 1. The largest absolute Gasteiger partial charge is 0.388 e. The van der Waals surface area contributed by atoms with Gasteiger partial charge in [0.15, 0.2) is 6.29 Å². The Hall–Kier alpha value is -0.460. The van der Waals surface area contributed by atoms with Crippen molar-refractivity contribution in [3.8, 4) is 0 Å². The lowest BCUT2D eigenvalue weighted by Gasteiger charge is -2.31. The molecular weight excluding hydrogens is 298 g/mol. The van der Waals surface area contributed by atoms with Crippen molar-refractivity contribution in [2.45, 2.75) is 57.0 Å². The van der Waals surface area contributed by atoms with E-state index in [1.165, 1.54) is 25.7 Å². The lowest BCUT2D eigenvalue weighted by Crippen LogP contribution is -2.38. The molecular formula is C17H27NO3S. The van der Waals surface area contributed by atoms with E-state index in [-0.39, 0.29) is 12.4 Å². The standard InChI is InChI=1S/C17H27NO3S/c19-15(16-6-4-12-22-16)13-14-5-2-1-3-8-18(14)9-7-17-20-10-11-21-17/h4,6,12,14-15,17,19H,1-3,5,7-11,13H2. The molecule has 0 amide bonds. The first-order chi connectivity index (χ1) is 10.8. The summed E-state index contributed by atoms with van der Waals surface area (Å²) in [4.78, 5) is 3.64. The average molecular weight is 325 g/mol. The Bertz CT molecular complexity index is 420. The summed E-state index contributed by atoms with van der Waals surface area (Å²) in [5.74, 6) is 0. The molecule has 3 heterocycles. The van der Waals surface area contributed by atoms with E-state index in [0.29, 0.717) is 6.04 Å². The van der Waals surface area contributed by atoms with Gasteiger partial charge in [-0.05, 0) is 37.3 Å². The predicted molar refractivity (Wildman–Crippen MR) is 88.0 cm³/mol. The van der Waals surface area contributed by atoms with Gasteiger partial charge in [0, 0.05) is 23.9 Å². The Kier molecular flexibility index (Phi) is 6.27. The van der Waals surface area contributed by atoms with Crippen LogP contribution >= 0.6 is 11.3 Å². The zero-order chi connectivity index (χ0) is 15.2.